The van der Waals surface area contributed by atoms with E-state index in [2.05, 4.69) is 48.2 Å². The Hall–Kier alpha value is -1.89. The highest BCUT2D eigenvalue weighted by Gasteiger charge is 2.24. The van der Waals surface area contributed by atoms with Crippen molar-refractivity contribution in [2.45, 2.75) is 57.9 Å². The summed E-state index contributed by atoms with van der Waals surface area (Å²) in [6.07, 6.45) is 10.1. The second-order valence-electron chi connectivity index (χ2n) is 8.93. The molecule has 0 bridgehead atoms. The zero-order valence-electron chi connectivity index (χ0n) is 17.8. The maximum atomic E-state index is 6.30. The van der Waals surface area contributed by atoms with E-state index in [0.717, 1.165) is 54.1 Å². The third-order valence-corrected chi connectivity index (χ3v) is 7.33. The molecule has 0 spiro atoms. The van der Waals surface area contributed by atoms with E-state index in [0.29, 0.717) is 17.8 Å². The lowest BCUT2D eigenvalue weighted by Gasteiger charge is -2.32. The normalized spacial score (nSPS) is 18.8. The van der Waals surface area contributed by atoms with Crippen LogP contribution in [0.15, 0.2) is 24.5 Å². The third-order valence-electron chi connectivity index (χ3n) is 6.75. The van der Waals surface area contributed by atoms with Crippen molar-refractivity contribution >= 4 is 40.2 Å². The molecule has 1 N–H and O–H groups in total. The fourth-order valence-corrected chi connectivity index (χ4v) is 5.28. The van der Waals surface area contributed by atoms with Crippen LogP contribution in [-0.4, -0.2) is 37.6 Å². The number of anilines is 1. The molecule has 164 valence electrons. The molecule has 0 atom stereocenters. The Morgan fingerprint density at radius 1 is 1.06 bits per heavy atom. The number of halogens is 2. The number of nitrogens with one attached hydrogen (secondary N) is 1. The molecule has 0 radical (unpaired) electrons. The van der Waals surface area contributed by atoms with Crippen LogP contribution in [0.2, 0.25) is 10.3 Å². The molecule has 0 amide bonds. The molecule has 31 heavy (non-hydrogen) atoms. The molecule has 3 heterocycles. The van der Waals surface area contributed by atoms with Gasteiger partial charge in [0.15, 0.2) is 17.0 Å². The molecule has 1 aliphatic carbocycles. The zero-order chi connectivity index (χ0) is 21.4. The van der Waals surface area contributed by atoms with Gasteiger partial charge in [0.1, 0.15) is 0 Å². The Kier molecular flexibility index (Phi) is 6.04. The fraction of sp³-hybridized carbons (Fsp3) is 0.522. The molecule has 1 aromatic carbocycles. The van der Waals surface area contributed by atoms with E-state index in [4.69, 9.17) is 23.2 Å². The Morgan fingerprint density at radius 2 is 1.84 bits per heavy atom. The van der Waals surface area contributed by atoms with Crippen LogP contribution in [0.4, 0.5) is 5.82 Å². The van der Waals surface area contributed by atoms with Crippen LogP contribution in [0, 0.1) is 12.8 Å². The van der Waals surface area contributed by atoms with Gasteiger partial charge in [0.25, 0.3) is 0 Å². The van der Waals surface area contributed by atoms with Crippen LogP contribution in [0.3, 0.4) is 0 Å². The first-order valence-corrected chi connectivity index (χ1v) is 12.0. The first kappa shape index (κ1) is 21.0. The molecule has 8 heteroatoms. The van der Waals surface area contributed by atoms with Crippen molar-refractivity contribution in [2.75, 3.05) is 18.5 Å². The molecule has 1 aliphatic heterocycles. The van der Waals surface area contributed by atoms with E-state index < -0.39 is 0 Å². The number of nitrogens with zero attached hydrogens (tertiary/aromatic N) is 5. The van der Waals surface area contributed by atoms with Crippen LogP contribution in [0.5, 0.6) is 0 Å². The molecular weight excluding hydrogens is 431 g/mol. The van der Waals surface area contributed by atoms with Gasteiger partial charge in [-0.3, -0.25) is 0 Å². The lowest BCUT2D eigenvalue weighted by Crippen LogP contribution is -2.38. The van der Waals surface area contributed by atoms with E-state index in [1.165, 1.54) is 31.2 Å². The van der Waals surface area contributed by atoms with E-state index in [1.807, 2.05) is 13.3 Å². The number of hydrogen-bond donors (Lipinski definition) is 1. The minimum atomic E-state index is 0.265. The smallest absolute Gasteiger partial charge is 0.226 e. The molecule has 1 saturated heterocycles. The maximum absolute atomic E-state index is 6.30. The van der Waals surface area contributed by atoms with E-state index in [9.17, 15) is 0 Å². The number of benzene rings is 1. The van der Waals surface area contributed by atoms with Gasteiger partial charge >= 0.3 is 0 Å². The molecular formula is C23H28Cl2N6. The maximum Gasteiger partial charge on any atom is 0.226 e. The van der Waals surface area contributed by atoms with Crippen LogP contribution >= 0.6 is 23.2 Å². The van der Waals surface area contributed by atoms with Crippen molar-refractivity contribution in [1.29, 1.82) is 0 Å². The van der Waals surface area contributed by atoms with Crippen LogP contribution in [-0.2, 0) is 6.42 Å². The minimum absolute atomic E-state index is 0.265. The van der Waals surface area contributed by atoms with Gasteiger partial charge in [0, 0.05) is 24.2 Å². The van der Waals surface area contributed by atoms with Gasteiger partial charge in [-0.15, -0.1) is 0 Å². The topological polar surface area (TPSA) is 58.9 Å². The third kappa shape index (κ3) is 4.52. The molecule has 5 rings (SSSR count). The van der Waals surface area contributed by atoms with Gasteiger partial charge in [0.2, 0.25) is 5.28 Å². The lowest BCUT2D eigenvalue weighted by molar-refractivity contribution is 0.216. The number of fused-ring (bicyclic) bond motifs is 1. The summed E-state index contributed by atoms with van der Waals surface area (Å²) in [5.74, 6) is 1.36. The molecule has 2 fully saturated rings. The summed E-state index contributed by atoms with van der Waals surface area (Å²) in [5.41, 5.74) is 7.56. The van der Waals surface area contributed by atoms with Gasteiger partial charge < -0.3 is 9.99 Å². The minimum Gasteiger partial charge on any atom is -0.312 e. The number of rotatable bonds is 5. The van der Waals surface area contributed by atoms with Crippen LogP contribution in [0.25, 0.3) is 11.2 Å². The first-order valence-electron chi connectivity index (χ1n) is 11.2. The highest BCUT2D eigenvalue weighted by atomic mass is 35.5. The Balaban J connectivity index is 1.25. The standard InChI is InChI=1S/C23H28Cl2N6/c1-15-6-7-17(13-19(15)24)12-16-8-10-30(11-9-16)29-21-20-22(28-23(25)27-21)31(14-26-20)18-4-2-3-5-18/h6-7,13-14,16,18H,2-5,8-12H2,1H3,(H,27,28,29). The number of piperidine rings is 1. The number of imidazole rings is 1. The summed E-state index contributed by atoms with van der Waals surface area (Å²) < 4.78 is 2.18. The summed E-state index contributed by atoms with van der Waals surface area (Å²) in [7, 11) is 0. The molecule has 6 nitrogen and oxygen atoms in total. The van der Waals surface area contributed by atoms with Gasteiger partial charge in [0.05, 0.1) is 6.33 Å². The van der Waals surface area contributed by atoms with Crippen molar-refractivity contribution in [2.24, 2.45) is 5.92 Å². The monoisotopic (exact) mass is 458 g/mol. The average molecular weight is 459 g/mol. The zero-order valence-corrected chi connectivity index (χ0v) is 19.3. The second kappa shape index (κ2) is 8.93. The van der Waals surface area contributed by atoms with Gasteiger partial charge in [-0.25, -0.2) is 9.99 Å². The van der Waals surface area contributed by atoms with Crippen molar-refractivity contribution in [3.05, 3.63) is 46.0 Å². The Labute approximate surface area is 193 Å². The number of aromatic nitrogens is 4. The van der Waals surface area contributed by atoms with E-state index in [1.54, 1.807) is 0 Å². The van der Waals surface area contributed by atoms with Gasteiger partial charge in [-0.1, -0.05) is 36.6 Å². The highest BCUT2D eigenvalue weighted by molar-refractivity contribution is 6.31. The van der Waals surface area contributed by atoms with Crippen molar-refractivity contribution < 1.29 is 0 Å². The molecule has 2 aliphatic rings. The first-order chi connectivity index (χ1) is 15.1. The second-order valence-corrected chi connectivity index (χ2v) is 9.68. The number of aryl methyl sites for hydroxylation is 1. The van der Waals surface area contributed by atoms with Gasteiger partial charge in [-0.2, -0.15) is 9.97 Å². The fourth-order valence-electron chi connectivity index (χ4n) is 4.91. The van der Waals surface area contributed by atoms with E-state index >= 15 is 0 Å². The SMILES string of the molecule is Cc1ccc(CC2CCN(Nc3nc(Cl)nc4c3ncn4C3CCCC3)CC2)cc1Cl. The summed E-state index contributed by atoms with van der Waals surface area (Å²) in [5, 5.41) is 3.35. The van der Waals surface area contributed by atoms with Gasteiger partial charge in [-0.05, 0) is 73.7 Å². The van der Waals surface area contributed by atoms with Crippen molar-refractivity contribution in [3.8, 4) is 0 Å². The van der Waals surface area contributed by atoms with Crippen LogP contribution < -0.4 is 5.43 Å². The Bertz CT molecular complexity index is 1070. The Morgan fingerprint density at radius 3 is 2.58 bits per heavy atom. The number of hydrogen-bond acceptors (Lipinski definition) is 5. The molecule has 3 aromatic rings. The summed E-state index contributed by atoms with van der Waals surface area (Å²) in [6.45, 7) is 3.96. The molecule has 2 aromatic heterocycles. The number of hydrazine groups is 1. The summed E-state index contributed by atoms with van der Waals surface area (Å²) in [4.78, 5) is 13.6. The average Bonchev–Trinajstić information content (AvgIpc) is 3.42. The predicted molar refractivity (Wildman–Crippen MR) is 126 cm³/mol. The largest absolute Gasteiger partial charge is 0.312 e. The predicted octanol–water partition coefficient (Wildman–Crippen LogP) is 5.84. The van der Waals surface area contributed by atoms with E-state index in [-0.39, 0.29) is 5.28 Å². The van der Waals surface area contributed by atoms with Crippen LogP contribution in [0.1, 0.15) is 55.7 Å². The van der Waals surface area contributed by atoms with Crippen molar-refractivity contribution in [1.82, 2.24) is 24.5 Å². The molecule has 1 saturated carbocycles. The van der Waals surface area contributed by atoms with Crippen molar-refractivity contribution in [3.63, 3.8) is 0 Å². The summed E-state index contributed by atoms with van der Waals surface area (Å²) >= 11 is 12.6. The lowest BCUT2D eigenvalue weighted by atomic mass is 9.90. The highest BCUT2D eigenvalue weighted by Crippen LogP contribution is 2.33. The molecule has 0 unspecified atom stereocenters. The summed E-state index contributed by atoms with van der Waals surface area (Å²) in [6, 6.07) is 6.90. The quantitative estimate of drug-likeness (QED) is 0.486.